The SMILES string of the molecule is Cc1ccn(CC(=O)N2CCOCC2c2c(C)nn(Cc3ccccc3)c2C)c(=O)c1. The van der Waals surface area contributed by atoms with Crippen LogP contribution in [0.15, 0.2) is 53.5 Å². The van der Waals surface area contributed by atoms with Gasteiger partial charge in [-0.1, -0.05) is 30.3 Å². The molecular weight excluding hydrogens is 392 g/mol. The molecule has 3 heterocycles. The van der Waals surface area contributed by atoms with Gasteiger partial charge in [0.25, 0.3) is 5.56 Å². The van der Waals surface area contributed by atoms with Crippen molar-refractivity contribution in [3.63, 3.8) is 0 Å². The highest BCUT2D eigenvalue weighted by molar-refractivity contribution is 5.76. The fourth-order valence-electron chi connectivity index (χ4n) is 4.22. The van der Waals surface area contributed by atoms with Crippen LogP contribution in [0, 0.1) is 20.8 Å². The van der Waals surface area contributed by atoms with E-state index < -0.39 is 0 Å². The third-order valence-corrected chi connectivity index (χ3v) is 5.85. The number of amides is 1. The van der Waals surface area contributed by atoms with Crippen LogP contribution in [0.2, 0.25) is 0 Å². The minimum absolute atomic E-state index is 0.0197. The number of carbonyl (C=O) groups excluding carboxylic acids is 1. The van der Waals surface area contributed by atoms with Gasteiger partial charge < -0.3 is 14.2 Å². The quantitative estimate of drug-likeness (QED) is 0.636. The van der Waals surface area contributed by atoms with Crippen molar-refractivity contribution in [2.75, 3.05) is 19.8 Å². The zero-order chi connectivity index (χ0) is 22.0. The first-order valence-corrected chi connectivity index (χ1v) is 10.6. The van der Waals surface area contributed by atoms with Crippen molar-refractivity contribution in [3.8, 4) is 0 Å². The first-order chi connectivity index (χ1) is 14.9. The highest BCUT2D eigenvalue weighted by Crippen LogP contribution is 2.30. The molecule has 3 aromatic rings. The Labute approximate surface area is 181 Å². The topological polar surface area (TPSA) is 69.4 Å². The summed E-state index contributed by atoms with van der Waals surface area (Å²) in [6.45, 7) is 7.98. The zero-order valence-electron chi connectivity index (χ0n) is 18.2. The van der Waals surface area contributed by atoms with Crippen molar-refractivity contribution in [2.24, 2.45) is 0 Å². The van der Waals surface area contributed by atoms with Crippen LogP contribution in [0.1, 0.15) is 34.1 Å². The number of hydrogen-bond acceptors (Lipinski definition) is 4. The van der Waals surface area contributed by atoms with E-state index >= 15 is 0 Å². The molecule has 1 aliphatic rings. The van der Waals surface area contributed by atoms with Crippen molar-refractivity contribution in [2.45, 2.75) is 39.9 Å². The molecule has 0 saturated carbocycles. The van der Waals surface area contributed by atoms with Crippen molar-refractivity contribution >= 4 is 5.91 Å². The van der Waals surface area contributed by atoms with Crippen LogP contribution in [0.4, 0.5) is 0 Å². The maximum atomic E-state index is 13.2. The second-order valence-corrected chi connectivity index (χ2v) is 8.08. The number of hydrogen-bond donors (Lipinski definition) is 0. The van der Waals surface area contributed by atoms with E-state index in [0.29, 0.717) is 26.3 Å². The van der Waals surface area contributed by atoms with E-state index in [2.05, 4.69) is 12.1 Å². The normalized spacial score (nSPS) is 16.5. The van der Waals surface area contributed by atoms with E-state index in [1.807, 2.05) is 54.6 Å². The van der Waals surface area contributed by atoms with Crippen LogP contribution in [0.3, 0.4) is 0 Å². The largest absolute Gasteiger partial charge is 0.377 e. The van der Waals surface area contributed by atoms with Gasteiger partial charge in [-0.3, -0.25) is 14.3 Å². The van der Waals surface area contributed by atoms with E-state index in [9.17, 15) is 9.59 Å². The Morgan fingerprint density at radius 2 is 1.94 bits per heavy atom. The lowest BCUT2D eigenvalue weighted by atomic mass is 10.0. The Balaban J connectivity index is 1.60. The summed E-state index contributed by atoms with van der Waals surface area (Å²) in [5.41, 5.74) is 4.85. The number of benzene rings is 1. The molecule has 1 saturated heterocycles. The Morgan fingerprint density at radius 3 is 2.68 bits per heavy atom. The predicted molar refractivity (Wildman–Crippen MR) is 118 cm³/mol. The monoisotopic (exact) mass is 420 g/mol. The number of morpholine rings is 1. The summed E-state index contributed by atoms with van der Waals surface area (Å²) >= 11 is 0. The van der Waals surface area contributed by atoms with Gasteiger partial charge in [-0.15, -0.1) is 0 Å². The summed E-state index contributed by atoms with van der Waals surface area (Å²) in [5.74, 6) is -0.0890. The molecule has 31 heavy (non-hydrogen) atoms. The summed E-state index contributed by atoms with van der Waals surface area (Å²) in [6, 6.07) is 13.4. The Bertz CT molecular complexity index is 1130. The molecule has 1 fully saturated rings. The van der Waals surface area contributed by atoms with Gasteiger partial charge in [-0.2, -0.15) is 5.10 Å². The fraction of sp³-hybridized carbons (Fsp3) is 0.375. The van der Waals surface area contributed by atoms with Crippen molar-refractivity contribution in [1.82, 2.24) is 19.2 Å². The number of carbonyl (C=O) groups is 1. The molecule has 1 amide bonds. The van der Waals surface area contributed by atoms with Crippen LogP contribution >= 0.6 is 0 Å². The van der Waals surface area contributed by atoms with Gasteiger partial charge in [0, 0.05) is 30.1 Å². The summed E-state index contributed by atoms with van der Waals surface area (Å²) in [7, 11) is 0. The standard InChI is InChI=1S/C24H28N4O3/c1-17-9-10-26(22(29)13-17)15-23(30)27-11-12-31-16-21(27)24-18(2)25-28(19(24)3)14-20-7-5-4-6-8-20/h4-10,13,21H,11-12,14-16H2,1-3H3. The zero-order valence-corrected chi connectivity index (χ0v) is 18.2. The number of aryl methyl sites for hydroxylation is 2. The molecule has 2 aromatic heterocycles. The average Bonchev–Trinajstić information content (AvgIpc) is 3.03. The first-order valence-electron chi connectivity index (χ1n) is 10.6. The lowest BCUT2D eigenvalue weighted by Gasteiger charge is -2.36. The molecule has 1 aliphatic heterocycles. The van der Waals surface area contributed by atoms with Gasteiger partial charge in [0.1, 0.15) is 6.54 Å². The fourth-order valence-corrected chi connectivity index (χ4v) is 4.22. The Morgan fingerprint density at radius 1 is 1.16 bits per heavy atom. The van der Waals surface area contributed by atoms with Crippen LogP contribution in [-0.2, 0) is 22.6 Å². The molecule has 0 aliphatic carbocycles. The molecule has 4 rings (SSSR count). The number of ether oxygens (including phenoxy) is 1. The second kappa shape index (κ2) is 8.89. The van der Waals surface area contributed by atoms with Gasteiger partial charge >= 0.3 is 0 Å². The van der Waals surface area contributed by atoms with Gasteiger partial charge in [-0.25, -0.2) is 0 Å². The van der Waals surface area contributed by atoms with Crippen molar-refractivity contribution in [3.05, 3.63) is 87.1 Å². The molecule has 0 spiro atoms. The van der Waals surface area contributed by atoms with E-state index in [-0.39, 0.29) is 24.1 Å². The molecule has 1 aromatic carbocycles. The van der Waals surface area contributed by atoms with E-state index in [1.54, 1.807) is 12.3 Å². The van der Waals surface area contributed by atoms with E-state index in [1.165, 1.54) is 10.1 Å². The molecule has 0 radical (unpaired) electrons. The predicted octanol–water partition coefficient (Wildman–Crippen LogP) is 2.62. The second-order valence-electron chi connectivity index (χ2n) is 8.08. The van der Waals surface area contributed by atoms with E-state index in [4.69, 9.17) is 9.84 Å². The minimum atomic E-state index is -0.216. The van der Waals surface area contributed by atoms with Gasteiger partial charge in [-0.05, 0) is 38.0 Å². The molecule has 7 nitrogen and oxygen atoms in total. The Hall–Kier alpha value is -3.19. The maximum Gasteiger partial charge on any atom is 0.251 e. The third-order valence-electron chi connectivity index (χ3n) is 5.85. The molecular formula is C24H28N4O3. The smallest absolute Gasteiger partial charge is 0.251 e. The minimum Gasteiger partial charge on any atom is -0.377 e. The third kappa shape index (κ3) is 4.46. The molecule has 1 atom stereocenters. The molecule has 7 heteroatoms. The summed E-state index contributed by atoms with van der Waals surface area (Å²) in [5, 5.41) is 4.75. The van der Waals surface area contributed by atoms with Gasteiger partial charge in [0.05, 0.1) is 31.5 Å². The van der Waals surface area contributed by atoms with Crippen LogP contribution in [0.5, 0.6) is 0 Å². The molecule has 0 bridgehead atoms. The number of rotatable bonds is 5. The van der Waals surface area contributed by atoms with Crippen LogP contribution in [0.25, 0.3) is 0 Å². The summed E-state index contributed by atoms with van der Waals surface area (Å²) in [6.07, 6.45) is 1.68. The van der Waals surface area contributed by atoms with Crippen molar-refractivity contribution in [1.29, 1.82) is 0 Å². The first kappa shape index (κ1) is 21.1. The number of pyridine rings is 1. The number of aromatic nitrogens is 3. The molecule has 0 N–H and O–H groups in total. The lowest BCUT2D eigenvalue weighted by molar-refractivity contribution is -0.141. The Kier molecular flexibility index (Phi) is 6.04. The molecule has 1 unspecified atom stereocenters. The maximum absolute atomic E-state index is 13.2. The van der Waals surface area contributed by atoms with Crippen LogP contribution in [-0.4, -0.2) is 44.9 Å². The van der Waals surface area contributed by atoms with Gasteiger partial charge in [0.2, 0.25) is 5.91 Å². The highest BCUT2D eigenvalue weighted by Gasteiger charge is 2.32. The summed E-state index contributed by atoms with van der Waals surface area (Å²) < 4.78 is 9.19. The summed E-state index contributed by atoms with van der Waals surface area (Å²) in [4.78, 5) is 27.3. The average molecular weight is 421 g/mol. The van der Waals surface area contributed by atoms with Crippen LogP contribution < -0.4 is 5.56 Å². The van der Waals surface area contributed by atoms with Gasteiger partial charge in [0.15, 0.2) is 0 Å². The lowest BCUT2D eigenvalue weighted by Crippen LogP contribution is -2.45. The molecule has 162 valence electrons. The highest BCUT2D eigenvalue weighted by atomic mass is 16.5. The van der Waals surface area contributed by atoms with E-state index in [0.717, 1.165) is 22.5 Å². The number of nitrogens with zero attached hydrogens (tertiary/aromatic N) is 4. The van der Waals surface area contributed by atoms with Crippen molar-refractivity contribution < 1.29 is 9.53 Å².